The molecule has 0 N–H and O–H groups in total. The van der Waals surface area contributed by atoms with Gasteiger partial charge < -0.3 is 4.74 Å². The SMILES string of the molecule is [CH2]c1ccccc1OCCCC. The Morgan fingerprint density at radius 1 is 1.33 bits per heavy atom. The molecule has 12 heavy (non-hydrogen) atoms. The Morgan fingerprint density at radius 3 is 2.75 bits per heavy atom. The maximum absolute atomic E-state index is 5.51. The van der Waals surface area contributed by atoms with Gasteiger partial charge in [-0.1, -0.05) is 31.5 Å². The van der Waals surface area contributed by atoms with Crippen LogP contribution in [0.2, 0.25) is 0 Å². The van der Waals surface area contributed by atoms with Gasteiger partial charge in [0.25, 0.3) is 0 Å². The molecule has 0 saturated carbocycles. The highest BCUT2D eigenvalue weighted by molar-refractivity contribution is 5.35. The van der Waals surface area contributed by atoms with Gasteiger partial charge in [0.1, 0.15) is 5.75 Å². The summed E-state index contributed by atoms with van der Waals surface area (Å²) in [6.07, 6.45) is 2.27. The summed E-state index contributed by atoms with van der Waals surface area (Å²) in [5, 5.41) is 0. The first-order valence-electron chi connectivity index (χ1n) is 4.38. The molecule has 1 radical (unpaired) electrons. The maximum Gasteiger partial charge on any atom is 0.122 e. The summed E-state index contributed by atoms with van der Waals surface area (Å²) in [7, 11) is 0. The lowest BCUT2D eigenvalue weighted by Gasteiger charge is -2.07. The van der Waals surface area contributed by atoms with E-state index in [9.17, 15) is 0 Å². The van der Waals surface area contributed by atoms with E-state index >= 15 is 0 Å². The van der Waals surface area contributed by atoms with Crippen molar-refractivity contribution >= 4 is 0 Å². The molecule has 1 heteroatoms. The van der Waals surface area contributed by atoms with Crippen molar-refractivity contribution in [2.75, 3.05) is 6.61 Å². The molecule has 1 rings (SSSR count). The molecule has 65 valence electrons. The molecule has 0 aliphatic heterocycles. The zero-order chi connectivity index (χ0) is 8.81. The second kappa shape index (κ2) is 4.81. The molecular formula is C11H15O. The Balaban J connectivity index is 2.46. The minimum Gasteiger partial charge on any atom is -0.493 e. The van der Waals surface area contributed by atoms with E-state index in [1.54, 1.807) is 0 Å². The molecule has 1 aromatic rings. The van der Waals surface area contributed by atoms with Crippen LogP contribution in [0.5, 0.6) is 5.75 Å². The highest BCUT2D eigenvalue weighted by atomic mass is 16.5. The molecule has 0 aliphatic carbocycles. The van der Waals surface area contributed by atoms with Crippen LogP contribution in [0.15, 0.2) is 24.3 Å². The smallest absolute Gasteiger partial charge is 0.122 e. The Morgan fingerprint density at radius 2 is 2.08 bits per heavy atom. The summed E-state index contributed by atoms with van der Waals surface area (Å²) in [6.45, 7) is 6.82. The lowest BCUT2D eigenvalue weighted by Crippen LogP contribution is -1.97. The number of hydrogen-bond donors (Lipinski definition) is 0. The predicted molar refractivity (Wildman–Crippen MR) is 51.3 cm³/mol. The van der Waals surface area contributed by atoms with Crippen molar-refractivity contribution in [1.29, 1.82) is 0 Å². The van der Waals surface area contributed by atoms with Crippen LogP contribution in [-0.4, -0.2) is 6.61 Å². The van der Waals surface area contributed by atoms with E-state index in [1.165, 1.54) is 6.42 Å². The Hall–Kier alpha value is -0.980. The molecule has 0 spiro atoms. The standard InChI is InChI=1S/C11H15O/c1-3-4-9-12-11-8-6-5-7-10(11)2/h5-8H,2-4,9H2,1H3. The van der Waals surface area contributed by atoms with Crippen molar-refractivity contribution in [2.45, 2.75) is 19.8 Å². The van der Waals surface area contributed by atoms with Crippen molar-refractivity contribution in [3.05, 3.63) is 36.8 Å². The van der Waals surface area contributed by atoms with Crippen molar-refractivity contribution < 1.29 is 4.74 Å². The third kappa shape index (κ3) is 2.57. The molecule has 0 fully saturated rings. The van der Waals surface area contributed by atoms with E-state index in [-0.39, 0.29) is 0 Å². The van der Waals surface area contributed by atoms with E-state index in [0.29, 0.717) is 0 Å². The van der Waals surface area contributed by atoms with Gasteiger partial charge in [-0.25, -0.2) is 0 Å². The van der Waals surface area contributed by atoms with Crippen LogP contribution < -0.4 is 4.74 Å². The van der Waals surface area contributed by atoms with E-state index in [0.717, 1.165) is 24.3 Å². The molecule has 1 nitrogen and oxygen atoms in total. The highest BCUT2D eigenvalue weighted by Gasteiger charge is 1.95. The molecule has 0 bridgehead atoms. The van der Waals surface area contributed by atoms with Gasteiger partial charge >= 0.3 is 0 Å². The van der Waals surface area contributed by atoms with Crippen LogP contribution in [-0.2, 0) is 0 Å². The molecule has 0 atom stereocenters. The van der Waals surface area contributed by atoms with Crippen LogP contribution >= 0.6 is 0 Å². The predicted octanol–water partition coefficient (Wildman–Crippen LogP) is 3.05. The molecule has 0 aliphatic rings. The first kappa shape index (κ1) is 9.11. The topological polar surface area (TPSA) is 9.23 Å². The Kier molecular flexibility index (Phi) is 3.65. The number of unbranched alkanes of at least 4 members (excludes halogenated alkanes) is 1. The van der Waals surface area contributed by atoms with Crippen molar-refractivity contribution in [2.24, 2.45) is 0 Å². The first-order chi connectivity index (χ1) is 5.84. The van der Waals surface area contributed by atoms with Gasteiger partial charge in [0.2, 0.25) is 0 Å². The first-order valence-corrected chi connectivity index (χ1v) is 4.38. The summed E-state index contributed by atoms with van der Waals surface area (Å²) in [6, 6.07) is 7.85. The molecular weight excluding hydrogens is 148 g/mol. The molecule has 0 saturated heterocycles. The van der Waals surface area contributed by atoms with E-state index in [4.69, 9.17) is 4.74 Å². The zero-order valence-corrected chi connectivity index (χ0v) is 7.55. The molecule has 1 aromatic carbocycles. The summed E-state index contributed by atoms with van der Waals surface area (Å²) in [5.74, 6) is 0.908. The van der Waals surface area contributed by atoms with Gasteiger partial charge in [-0.3, -0.25) is 0 Å². The number of ether oxygens (including phenoxy) is 1. The third-order valence-corrected chi connectivity index (χ3v) is 1.73. The van der Waals surface area contributed by atoms with Crippen LogP contribution in [0.4, 0.5) is 0 Å². The molecule has 0 aromatic heterocycles. The number of benzene rings is 1. The van der Waals surface area contributed by atoms with E-state index < -0.39 is 0 Å². The number of hydrogen-bond acceptors (Lipinski definition) is 1. The van der Waals surface area contributed by atoms with Crippen LogP contribution in [0.25, 0.3) is 0 Å². The maximum atomic E-state index is 5.51. The highest BCUT2D eigenvalue weighted by Crippen LogP contribution is 2.16. The van der Waals surface area contributed by atoms with Gasteiger partial charge in [0.15, 0.2) is 0 Å². The van der Waals surface area contributed by atoms with Crippen LogP contribution in [0.3, 0.4) is 0 Å². The van der Waals surface area contributed by atoms with Gasteiger partial charge in [-0.15, -0.1) is 0 Å². The lowest BCUT2D eigenvalue weighted by atomic mass is 10.2. The Labute approximate surface area is 74.4 Å². The average molecular weight is 163 g/mol. The van der Waals surface area contributed by atoms with E-state index in [1.807, 2.05) is 24.3 Å². The second-order valence-corrected chi connectivity index (χ2v) is 2.81. The van der Waals surface area contributed by atoms with Crippen molar-refractivity contribution in [3.8, 4) is 5.75 Å². The third-order valence-electron chi connectivity index (χ3n) is 1.73. The quantitative estimate of drug-likeness (QED) is 0.620. The van der Waals surface area contributed by atoms with Crippen LogP contribution in [0, 0.1) is 6.92 Å². The Bertz CT molecular complexity index is 230. The molecule has 0 unspecified atom stereocenters. The minimum absolute atomic E-state index is 0.795. The zero-order valence-electron chi connectivity index (χ0n) is 7.55. The number of para-hydroxylation sites is 1. The van der Waals surface area contributed by atoms with Crippen molar-refractivity contribution in [3.63, 3.8) is 0 Å². The van der Waals surface area contributed by atoms with Crippen LogP contribution in [0.1, 0.15) is 25.3 Å². The summed E-state index contributed by atoms with van der Waals surface area (Å²) >= 11 is 0. The van der Waals surface area contributed by atoms with E-state index in [2.05, 4.69) is 13.8 Å². The van der Waals surface area contributed by atoms with Gasteiger partial charge in [-0.05, 0) is 25.0 Å². The number of rotatable bonds is 4. The lowest BCUT2D eigenvalue weighted by molar-refractivity contribution is 0.308. The normalized spacial score (nSPS) is 9.83. The fraction of sp³-hybridized carbons (Fsp3) is 0.364. The van der Waals surface area contributed by atoms with Gasteiger partial charge in [0, 0.05) is 0 Å². The summed E-state index contributed by atoms with van der Waals surface area (Å²) in [4.78, 5) is 0. The van der Waals surface area contributed by atoms with Gasteiger partial charge in [-0.2, -0.15) is 0 Å². The second-order valence-electron chi connectivity index (χ2n) is 2.81. The fourth-order valence-corrected chi connectivity index (χ4v) is 0.971. The molecule has 0 heterocycles. The van der Waals surface area contributed by atoms with Crippen molar-refractivity contribution in [1.82, 2.24) is 0 Å². The fourth-order valence-electron chi connectivity index (χ4n) is 0.971. The summed E-state index contributed by atoms with van der Waals surface area (Å²) < 4.78 is 5.51. The average Bonchev–Trinajstić information content (AvgIpc) is 2.09. The van der Waals surface area contributed by atoms with Gasteiger partial charge in [0.05, 0.1) is 6.61 Å². The minimum atomic E-state index is 0.795. The largest absolute Gasteiger partial charge is 0.493 e. The molecule has 0 amide bonds. The monoisotopic (exact) mass is 163 g/mol. The summed E-state index contributed by atoms with van der Waals surface area (Å²) in [5.41, 5.74) is 0.966.